The lowest BCUT2D eigenvalue weighted by molar-refractivity contribution is -0.134. The summed E-state index contributed by atoms with van der Waals surface area (Å²) in [7, 11) is 0. The van der Waals surface area contributed by atoms with Crippen LogP contribution in [-0.2, 0) is 9.53 Å². The third-order valence-electron chi connectivity index (χ3n) is 3.07. The van der Waals surface area contributed by atoms with Crippen LogP contribution in [0.2, 0.25) is 0 Å². The van der Waals surface area contributed by atoms with Crippen molar-refractivity contribution in [2.75, 3.05) is 44.8 Å². The Bertz CT molecular complexity index is 307. The molecule has 1 fully saturated rings. The van der Waals surface area contributed by atoms with E-state index in [1.807, 2.05) is 6.26 Å². The molecule has 2 N–H and O–H groups in total. The van der Waals surface area contributed by atoms with E-state index in [4.69, 9.17) is 10.5 Å². The molecule has 1 rings (SSSR count). The van der Waals surface area contributed by atoms with Gasteiger partial charge in [-0.15, -0.1) is 0 Å². The highest BCUT2D eigenvalue weighted by atomic mass is 32.2. The lowest BCUT2D eigenvalue weighted by Gasteiger charge is -2.35. The van der Waals surface area contributed by atoms with Crippen LogP contribution in [0, 0.1) is 0 Å². The van der Waals surface area contributed by atoms with Gasteiger partial charge in [-0.1, -0.05) is 0 Å². The summed E-state index contributed by atoms with van der Waals surface area (Å²) in [4.78, 5) is 26.9. The standard InChI is InChI=1S/C12H23N3O3S/c1-3-18-12(17)15-7-5-14(6-8-15)11(16)10(13)4-9-19-2/h10H,3-9,13H2,1-2H3/t10-/m1/s1. The number of carbonyl (C=O) groups excluding carboxylic acids is 2. The molecule has 0 aromatic heterocycles. The second kappa shape index (κ2) is 8.27. The third kappa shape index (κ3) is 4.91. The molecule has 0 unspecified atom stereocenters. The van der Waals surface area contributed by atoms with Crippen molar-refractivity contribution in [3.63, 3.8) is 0 Å². The first kappa shape index (κ1) is 16.1. The fraction of sp³-hybridized carbons (Fsp3) is 0.833. The smallest absolute Gasteiger partial charge is 0.409 e. The molecule has 19 heavy (non-hydrogen) atoms. The van der Waals surface area contributed by atoms with Crippen molar-refractivity contribution in [3.8, 4) is 0 Å². The highest BCUT2D eigenvalue weighted by Gasteiger charge is 2.27. The van der Waals surface area contributed by atoms with Crippen molar-refractivity contribution in [1.29, 1.82) is 0 Å². The van der Waals surface area contributed by atoms with Gasteiger partial charge in [0.15, 0.2) is 0 Å². The van der Waals surface area contributed by atoms with Crippen LogP contribution in [0.25, 0.3) is 0 Å². The fourth-order valence-electron chi connectivity index (χ4n) is 1.93. The molecule has 1 heterocycles. The summed E-state index contributed by atoms with van der Waals surface area (Å²) in [6, 6.07) is -0.429. The third-order valence-corrected chi connectivity index (χ3v) is 3.71. The molecule has 0 saturated carbocycles. The normalized spacial score (nSPS) is 17.2. The van der Waals surface area contributed by atoms with Gasteiger partial charge in [-0.05, 0) is 25.4 Å². The van der Waals surface area contributed by atoms with Crippen LogP contribution in [-0.4, -0.2) is 72.6 Å². The molecule has 2 amide bonds. The van der Waals surface area contributed by atoms with Crippen molar-refractivity contribution in [2.24, 2.45) is 5.73 Å². The number of thioether (sulfide) groups is 1. The zero-order valence-corrected chi connectivity index (χ0v) is 12.4. The lowest BCUT2D eigenvalue weighted by Crippen LogP contribution is -2.54. The number of nitrogens with zero attached hydrogens (tertiary/aromatic N) is 2. The molecule has 0 spiro atoms. The molecule has 7 heteroatoms. The Morgan fingerprint density at radius 2 is 1.84 bits per heavy atom. The summed E-state index contributed by atoms with van der Waals surface area (Å²) >= 11 is 1.68. The molecule has 1 saturated heterocycles. The predicted molar refractivity (Wildman–Crippen MR) is 76.1 cm³/mol. The molecule has 0 bridgehead atoms. The summed E-state index contributed by atoms with van der Waals surface area (Å²) < 4.78 is 4.93. The quantitative estimate of drug-likeness (QED) is 0.791. The van der Waals surface area contributed by atoms with Crippen molar-refractivity contribution >= 4 is 23.8 Å². The average Bonchev–Trinajstić information content (AvgIpc) is 2.44. The summed E-state index contributed by atoms with van der Waals surface area (Å²) in [5.74, 6) is 0.868. The number of nitrogens with two attached hydrogens (primary N) is 1. The Morgan fingerprint density at radius 3 is 2.37 bits per heavy atom. The minimum atomic E-state index is -0.429. The molecule has 1 atom stereocenters. The maximum absolute atomic E-state index is 12.1. The predicted octanol–water partition coefficient (Wildman–Crippen LogP) is 0.368. The van der Waals surface area contributed by atoms with E-state index < -0.39 is 6.04 Å². The second-order valence-corrected chi connectivity index (χ2v) is 5.38. The maximum Gasteiger partial charge on any atom is 0.409 e. The van der Waals surface area contributed by atoms with E-state index in [9.17, 15) is 9.59 Å². The number of ether oxygens (including phenoxy) is 1. The van der Waals surface area contributed by atoms with Gasteiger partial charge in [0, 0.05) is 26.2 Å². The first-order valence-electron chi connectivity index (χ1n) is 6.55. The molecular formula is C12H23N3O3S. The van der Waals surface area contributed by atoms with Crippen LogP contribution in [0.5, 0.6) is 0 Å². The largest absolute Gasteiger partial charge is 0.450 e. The van der Waals surface area contributed by atoms with Gasteiger partial charge < -0.3 is 20.3 Å². The monoisotopic (exact) mass is 289 g/mol. The summed E-state index contributed by atoms with van der Waals surface area (Å²) in [5.41, 5.74) is 5.87. The molecule has 0 radical (unpaired) electrons. The Kier molecular flexibility index (Phi) is 7.01. The fourth-order valence-corrected chi connectivity index (χ4v) is 2.42. The lowest BCUT2D eigenvalue weighted by atomic mass is 10.2. The Morgan fingerprint density at radius 1 is 1.26 bits per heavy atom. The zero-order valence-electron chi connectivity index (χ0n) is 11.6. The van der Waals surface area contributed by atoms with Gasteiger partial charge >= 0.3 is 6.09 Å². The van der Waals surface area contributed by atoms with Crippen LogP contribution in [0.1, 0.15) is 13.3 Å². The van der Waals surface area contributed by atoms with Gasteiger partial charge in [-0.25, -0.2) is 4.79 Å². The second-order valence-electron chi connectivity index (χ2n) is 4.40. The van der Waals surface area contributed by atoms with E-state index in [0.717, 1.165) is 5.75 Å². The molecule has 110 valence electrons. The van der Waals surface area contributed by atoms with E-state index in [1.165, 1.54) is 0 Å². The van der Waals surface area contributed by atoms with E-state index in [2.05, 4.69) is 0 Å². The summed E-state index contributed by atoms with van der Waals surface area (Å²) in [6.45, 7) is 4.24. The van der Waals surface area contributed by atoms with Gasteiger partial charge in [-0.3, -0.25) is 4.79 Å². The highest BCUT2D eigenvalue weighted by Crippen LogP contribution is 2.07. The Labute approximate surface area is 118 Å². The number of carbonyl (C=O) groups is 2. The van der Waals surface area contributed by atoms with Gasteiger partial charge in [0.25, 0.3) is 0 Å². The summed E-state index contributed by atoms with van der Waals surface area (Å²) in [6.07, 6.45) is 2.38. The molecule has 0 aromatic rings. The minimum absolute atomic E-state index is 0.0161. The molecular weight excluding hydrogens is 266 g/mol. The van der Waals surface area contributed by atoms with Gasteiger partial charge in [0.2, 0.25) is 5.91 Å². The topological polar surface area (TPSA) is 75.9 Å². The number of amides is 2. The van der Waals surface area contributed by atoms with Crippen molar-refractivity contribution < 1.29 is 14.3 Å². The molecule has 0 aromatic carbocycles. The zero-order chi connectivity index (χ0) is 14.3. The highest BCUT2D eigenvalue weighted by molar-refractivity contribution is 7.98. The number of hydrogen-bond donors (Lipinski definition) is 1. The number of piperazine rings is 1. The van der Waals surface area contributed by atoms with E-state index in [0.29, 0.717) is 39.2 Å². The van der Waals surface area contributed by atoms with Crippen molar-refractivity contribution in [1.82, 2.24) is 9.80 Å². The van der Waals surface area contributed by atoms with E-state index in [-0.39, 0.29) is 12.0 Å². The SMILES string of the molecule is CCOC(=O)N1CCN(C(=O)[C@H](N)CCSC)CC1. The molecule has 1 aliphatic heterocycles. The molecule has 6 nitrogen and oxygen atoms in total. The van der Waals surface area contributed by atoms with Crippen LogP contribution in [0.3, 0.4) is 0 Å². The number of rotatable bonds is 5. The van der Waals surface area contributed by atoms with Crippen LogP contribution >= 0.6 is 11.8 Å². The van der Waals surface area contributed by atoms with Crippen molar-refractivity contribution in [2.45, 2.75) is 19.4 Å². The van der Waals surface area contributed by atoms with Crippen LogP contribution < -0.4 is 5.73 Å². The van der Waals surface area contributed by atoms with E-state index >= 15 is 0 Å². The van der Waals surface area contributed by atoms with Gasteiger partial charge in [-0.2, -0.15) is 11.8 Å². The molecule has 0 aliphatic carbocycles. The van der Waals surface area contributed by atoms with Crippen LogP contribution in [0.15, 0.2) is 0 Å². The molecule has 1 aliphatic rings. The van der Waals surface area contributed by atoms with Crippen LogP contribution in [0.4, 0.5) is 4.79 Å². The minimum Gasteiger partial charge on any atom is -0.450 e. The maximum atomic E-state index is 12.1. The Balaban J connectivity index is 2.36. The first-order chi connectivity index (χ1) is 9.10. The van der Waals surface area contributed by atoms with Crippen molar-refractivity contribution in [3.05, 3.63) is 0 Å². The average molecular weight is 289 g/mol. The first-order valence-corrected chi connectivity index (χ1v) is 7.94. The van der Waals surface area contributed by atoms with Gasteiger partial charge in [0.1, 0.15) is 0 Å². The number of hydrogen-bond acceptors (Lipinski definition) is 5. The van der Waals surface area contributed by atoms with Gasteiger partial charge in [0.05, 0.1) is 12.6 Å². The summed E-state index contributed by atoms with van der Waals surface area (Å²) in [5, 5.41) is 0. The van der Waals surface area contributed by atoms with E-state index in [1.54, 1.807) is 28.5 Å². The Hall–Kier alpha value is -0.950.